The van der Waals surface area contributed by atoms with Crippen LogP contribution in [0.25, 0.3) is 0 Å². The first-order valence-electron chi connectivity index (χ1n) is 4.35. The standard InChI is InChI=1S/C7H11N8/c1-2-3(4-10-6(8)14-12-4)5-11-7(9)15-13-5/h3H,1-2H2,(H3,8,10,12,14)(H3,9,11,13,15). The molecule has 0 amide bonds. The summed E-state index contributed by atoms with van der Waals surface area (Å²) in [6.45, 7) is 3.79. The van der Waals surface area contributed by atoms with E-state index in [1.807, 2.05) is 0 Å². The van der Waals surface area contributed by atoms with Crippen molar-refractivity contribution < 1.29 is 0 Å². The quantitative estimate of drug-likeness (QED) is 0.533. The highest BCUT2D eigenvalue weighted by molar-refractivity contribution is 5.22. The molecular formula is C7H11N8. The smallest absolute Gasteiger partial charge is 0.216 e. The molecule has 8 nitrogen and oxygen atoms in total. The molecule has 2 heterocycles. The van der Waals surface area contributed by atoms with Crippen LogP contribution in [0.5, 0.6) is 0 Å². The zero-order valence-electron chi connectivity index (χ0n) is 7.94. The molecular weight excluding hydrogens is 196 g/mol. The van der Waals surface area contributed by atoms with Crippen LogP contribution in [0.3, 0.4) is 0 Å². The molecule has 0 saturated heterocycles. The summed E-state index contributed by atoms with van der Waals surface area (Å²) in [5.74, 6) is 1.34. The van der Waals surface area contributed by atoms with E-state index in [2.05, 4.69) is 37.3 Å². The number of aromatic nitrogens is 6. The minimum absolute atomic E-state index is 0.202. The molecule has 2 rings (SSSR count). The van der Waals surface area contributed by atoms with Crippen molar-refractivity contribution in [3.05, 3.63) is 18.6 Å². The van der Waals surface area contributed by atoms with Crippen LogP contribution < -0.4 is 11.5 Å². The van der Waals surface area contributed by atoms with E-state index in [1.165, 1.54) is 0 Å². The normalized spacial score (nSPS) is 11.1. The fourth-order valence-corrected chi connectivity index (χ4v) is 1.26. The molecule has 0 fully saturated rings. The van der Waals surface area contributed by atoms with Gasteiger partial charge in [-0.1, -0.05) is 6.92 Å². The summed E-state index contributed by atoms with van der Waals surface area (Å²) < 4.78 is 0. The Kier molecular flexibility index (Phi) is 2.24. The number of hydrogen-bond acceptors (Lipinski definition) is 6. The fraction of sp³-hybridized carbons (Fsp3) is 0.286. The van der Waals surface area contributed by atoms with Crippen LogP contribution >= 0.6 is 0 Å². The molecule has 0 bridgehead atoms. The van der Waals surface area contributed by atoms with Crippen molar-refractivity contribution in [2.24, 2.45) is 0 Å². The molecule has 0 aliphatic carbocycles. The van der Waals surface area contributed by atoms with Crippen LogP contribution in [0.4, 0.5) is 11.9 Å². The Labute approximate surface area is 85.5 Å². The van der Waals surface area contributed by atoms with Crippen molar-refractivity contribution in [2.75, 3.05) is 11.5 Å². The summed E-state index contributed by atoms with van der Waals surface area (Å²) in [5, 5.41) is 13.0. The molecule has 79 valence electrons. The van der Waals surface area contributed by atoms with Gasteiger partial charge in [-0.3, -0.25) is 0 Å². The largest absolute Gasteiger partial charge is 0.368 e. The molecule has 6 N–H and O–H groups in total. The zero-order valence-corrected chi connectivity index (χ0v) is 7.94. The topological polar surface area (TPSA) is 135 Å². The Bertz CT molecular complexity index is 403. The van der Waals surface area contributed by atoms with Gasteiger partial charge in [-0.15, -0.1) is 0 Å². The summed E-state index contributed by atoms with van der Waals surface area (Å²) in [5.41, 5.74) is 10.9. The minimum Gasteiger partial charge on any atom is -0.368 e. The van der Waals surface area contributed by atoms with E-state index >= 15 is 0 Å². The predicted molar refractivity (Wildman–Crippen MR) is 53.4 cm³/mol. The maximum atomic E-state index is 5.43. The van der Waals surface area contributed by atoms with Crippen molar-refractivity contribution in [3.63, 3.8) is 0 Å². The first-order chi connectivity index (χ1) is 7.20. The van der Waals surface area contributed by atoms with Gasteiger partial charge in [0, 0.05) is 0 Å². The molecule has 0 aliphatic rings. The molecule has 15 heavy (non-hydrogen) atoms. The Morgan fingerprint density at radius 1 is 1.07 bits per heavy atom. The Morgan fingerprint density at radius 3 is 1.80 bits per heavy atom. The first kappa shape index (κ1) is 9.44. The van der Waals surface area contributed by atoms with Crippen LogP contribution in [0.1, 0.15) is 24.0 Å². The minimum atomic E-state index is -0.202. The van der Waals surface area contributed by atoms with E-state index < -0.39 is 0 Å². The second-order valence-corrected chi connectivity index (χ2v) is 3.00. The van der Waals surface area contributed by atoms with Gasteiger partial charge in [-0.2, -0.15) is 20.2 Å². The lowest BCUT2D eigenvalue weighted by Crippen LogP contribution is -2.05. The molecule has 8 heteroatoms. The fourth-order valence-electron chi connectivity index (χ4n) is 1.26. The number of hydrogen-bond donors (Lipinski definition) is 4. The molecule has 0 unspecified atom stereocenters. The molecule has 2 aromatic heterocycles. The third-order valence-corrected chi connectivity index (χ3v) is 1.95. The van der Waals surface area contributed by atoms with Crippen molar-refractivity contribution in [3.8, 4) is 0 Å². The average Bonchev–Trinajstić information content (AvgIpc) is 2.78. The Hall–Kier alpha value is -2.12. The monoisotopic (exact) mass is 207 g/mol. The van der Waals surface area contributed by atoms with Gasteiger partial charge in [-0.25, -0.2) is 10.2 Å². The highest BCUT2D eigenvalue weighted by atomic mass is 15.3. The maximum Gasteiger partial charge on any atom is 0.216 e. The summed E-state index contributed by atoms with van der Waals surface area (Å²) in [6.07, 6.45) is 0.522. The third-order valence-electron chi connectivity index (χ3n) is 1.95. The summed E-state index contributed by atoms with van der Waals surface area (Å²) in [6, 6.07) is 0. The van der Waals surface area contributed by atoms with Gasteiger partial charge in [0.1, 0.15) is 0 Å². The van der Waals surface area contributed by atoms with Gasteiger partial charge in [0.2, 0.25) is 11.9 Å². The average molecular weight is 207 g/mol. The van der Waals surface area contributed by atoms with E-state index in [0.29, 0.717) is 18.1 Å². The highest BCUT2D eigenvalue weighted by Gasteiger charge is 2.20. The van der Waals surface area contributed by atoms with Crippen LogP contribution in [-0.2, 0) is 0 Å². The van der Waals surface area contributed by atoms with Crippen molar-refractivity contribution in [1.82, 2.24) is 30.4 Å². The van der Waals surface area contributed by atoms with Crippen LogP contribution in [0, 0.1) is 6.92 Å². The van der Waals surface area contributed by atoms with Crippen LogP contribution in [-0.4, -0.2) is 30.4 Å². The van der Waals surface area contributed by atoms with Crippen LogP contribution in [0.15, 0.2) is 0 Å². The predicted octanol–water partition coefficient (Wildman–Crippen LogP) is -0.557. The zero-order chi connectivity index (χ0) is 10.8. The molecule has 0 aromatic carbocycles. The van der Waals surface area contributed by atoms with E-state index in [1.54, 1.807) is 0 Å². The van der Waals surface area contributed by atoms with Crippen LogP contribution in [0.2, 0.25) is 0 Å². The maximum absolute atomic E-state index is 5.43. The number of nitrogens with two attached hydrogens (primary N) is 2. The van der Waals surface area contributed by atoms with Gasteiger partial charge in [0.05, 0.1) is 5.92 Å². The number of aromatic amines is 2. The molecule has 0 atom stereocenters. The van der Waals surface area contributed by atoms with E-state index in [-0.39, 0.29) is 17.8 Å². The van der Waals surface area contributed by atoms with E-state index in [4.69, 9.17) is 11.5 Å². The summed E-state index contributed by atoms with van der Waals surface area (Å²) in [4.78, 5) is 8.01. The number of nitrogen functional groups attached to an aromatic ring is 2. The Balaban J connectivity index is 2.32. The third kappa shape index (κ3) is 1.73. The number of nitrogens with zero attached hydrogens (tertiary/aromatic N) is 4. The number of rotatable bonds is 3. The van der Waals surface area contributed by atoms with Gasteiger partial charge in [-0.05, 0) is 6.42 Å². The number of anilines is 2. The molecule has 0 aliphatic heterocycles. The second-order valence-electron chi connectivity index (χ2n) is 3.00. The summed E-state index contributed by atoms with van der Waals surface area (Å²) >= 11 is 0. The van der Waals surface area contributed by atoms with E-state index in [9.17, 15) is 0 Å². The van der Waals surface area contributed by atoms with Crippen molar-refractivity contribution in [1.29, 1.82) is 0 Å². The lowest BCUT2D eigenvalue weighted by molar-refractivity contribution is 0.707. The lowest BCUT2D eigenvalue weighted by atomic mass is 10.1. The lowest BCUT2D eigenvalue weighted by Gasteiger charge is -2.04. The van der Waals surface area contributed by atoms with Crippen molar-refractivity contribution in [2.45, 2.75) is 12.3 Å². The second kappa shape index (κ2) is 3.56. The molecule has 0 saturated carbocycles. The SMILES string of the molecule is [CH2]CC(c1n[nH]c(N)n1)c1n[nH]c(N)n1. The van der Waals surface area contributed by atoms with Gasteiger partial charge in [0.25, 0.3) is 0 Å². The molecule has 2 aromatic rings. The first-order valence-corrected chi connectivity index (χ1v) is 4.35. The molecule has 0 spiro atoms. The highest BCUT2D eigenvalue weighted by Crippen LogP contribution is 2.22. The van der Waals surface area contributed by atoms with E-state index in [0.717, 1.165) is 0 Å². The number of H-pyrrole nitrogens is 2. The molecule has 1 radical (unpaired) electrons. The van der Waals surface area contributed by atoms with Gasteiger partial charge < -0.3 is 11.5 Å². The Morgan fingerprint density at radius 2 is 1.53 bits per heavy atom. The van der Waals surface area contributed by atoms with Gasteiger partial charge >= 0.3 is 0 Å². The summed E-state index contributed by atoms with van der Waals surface area (Å²) in [7, 11) is 0. The van der Waals surface area contributed by atoms with Crippen molar-refractivity contribution >= 4 is 11.9 Å². The van der Waals surface area contributed by atoms with Gasteiger partial charge in [0.15, 0.2) is 11.6 Å². The number of nitrogens with one attached hydrogen (secondary N) is 2.